The van der Waals surface area contributed by atoms with Crippen molar-refractivity contribution in [1.29, 1.82) is 0 Å². The molecule has 0 saturated heterocycles. The second-order valence-corrected chi connectivity index (χ2v) is 6.10. The molecule has 0 radical (unpaired) electrons. The zero-order valence-electron chi connectivity index (χ0n) is 15.6. The summed E-state index contributed by atoms with van der Waals surface area (Å²) in [7, 11) is 0. The first-order valence-electron chi connectivity index (χ1n) is 8.93. The van der Waals surface area contributed by atoms with Crippen LogP contribution in [0.3, 0.4) is 0 Å². The van der Waals surface area contributed by atoms with Crippen LogP contribution in [-0.2, 0) is 4.79 Å². The van der Waals surface area contributed by atoms with E-state index in [4.69, 9.17) is 0 Å². The van der Waals surface area contributed by atoms with E-state index < -0.39 is 0 Å². The van der Waals surface area contributed by atoms with E-state index in [2.05, 4.69) is 34.4 Å². The summed E-state index contributed by atoms with van der Waals surface area (Å²) in [6, 6.07) is 10.5. The van der Waals surface area contributed by atoms with Crippen LogP contribution in [0.25, 0.3) is 0 Å². The van der Waals surface area contributed by atoms with Crippen LogP contribution in [0.15, 0.2) is 42.6 Å². The number of pyridine rings is 1. The average molecular weight is 354 g/mol. The van der Waals surface area contributed by atoms with Crippen molar-refractivity contribution in [2.75, 3.05) is 28.6 Å². The van der Waals surface area contributed by atoms with Crippen LogP contribution in [0.2, 0.25) is 0 Å². The fourth-order valence-corrected chi connectivity index (χ4v) is 2.66. The quantitative estimate of drug-likeness (QED) is 0.753. The van der Waals surface area contributed by atoms with E-state index in [1.54, 1.807) is 36.5 Å². The number of hydrogen-bond acceptors (Lipinski definition) is 4. The lowest BCUT2D eigenvalue weighted by Crippen LogP contribution is -2.26. The maximum Gasteiger partial charge on any atom is 0.255 e. The normalized spacial score (nSPS) is 10.3. The molecule has 138 valence electrons. The number of carbonyl (C=O) groups is 2. The zero-order valence-corrected chi connectivity index (χ0v) is 15.6. The van der Waals surface area contributed by atoms with Gasteiger partial charge in [0, 0.05) is 43.1 Å². The third-order valence-corrected chi connectivity index (χ3v) is 3.78. The molecule has 1 heterocycles. The highest BCUT2D eigenvalue weighted by Crippen LogP contribution is 2.17. The molecular formula is C20H26N4O2. The van der Waals surface area contributed by atoms with Crippen LogP contribution in [0, 0.1) is 0 Å². The van der Waals surface area contributed by atoms with Gasteiger partial charge in [0.1, 0.15) is 5.82 Å². The molecule has 2 aromatic rings. The Morgan fingerprint density at radius 1 is 0.962 bits per heavy atom. The van der Waals surface area contributed by atoms with E-state index in [1.165, 1.54) is 6.92 Å². The van der Waals surface area contributed by atoms with Gasteiger partial charge >= 0.3 is 0 Å². The fourth-order valence-electron chi connectivity index (χ4n) is 2.66. The Kier molecular flexibility index (Phi) is 7.14. The molecule has 0 bridgehead atoms. The Bertz CT molecular complexity index is 738. The standard InChI is InChI=1S/C20H26N4O2/c1-4-12-24(13-5-2)19-14-16(10-11-21-19)20(26)23-18-8-6-17(7-9-18)22-15(3)25/h6-11,14H,4-5,12-13H2,1-3H3,(H,22,25)(H,23,26). The van der Waals surface area contributed by atoms with Crippen molar-refractivity contribution in [2.24, 2.45) is 0 Å². The lowest BCUT2D eigenvalue weighted by molar-refractivity contribution is -0.114. The molecule has 0 spiro atoms. The molecule has 0 saturated carbocycles. The van der Waals surface area contributed by atoms with Crippen LogP contribution in [0.5, 0.6) is 0 Å². The summed E-state index contributed by atoms with van der Waals surface area (Å²) in [5.74, 6) is 0.506. The number of anilines is 3. The topological polar surface area (TPSA) is 74.3 Å². The Morgan fingerprint density at radius 2 is 1.54 bits per heavy atom. The lowest BCUT2D eigenvalue weighted by atomic mass is 10.2. The number of carbonyl (C=O) groups excluding carboxylic acids is 2. The fraction of sp³-hybridized carbons (Fsp3) is 0.350. The molecule has 0 aliphatic carbocycles. The first-order valence-corrected chi connectivity index (χ1v) is 8.93. The number of aromatic nitrogens is 1. The van der Waals surface area contributed by atoms with Crippen molar-refractivity contribution in [1.82, 2.24) is 4.98 Å². The van der Waals surface area contributed by atoms with Gasteiger partial charge < -0.3 is 15.5 Å². The van der Waals surface area contributed by atoms with Gasteiger partial charge in [0.15, 0.2) is 0 Å². The second kappa shape index (κ2) is 9.56. The van der Waals surface area contributed by atoms with Gasteiger partial charge in [-0.15, -0.1) is 0 Å². The Hall–Kier alpha value is -2.89. The van der Waals surface area contributed by atoms with E-state index in [0.717, 1.165) is 31.7 Å². The summed E-state index contributed by atoms with van der Waals surface area (Å²) >= 11 is 0. The third-order valence-electron chi connectivity index (χ3n) is 3.78. The minimum atomic E-state index is -0.186. The summed E-state index contributed by atoms with van der Waals surface area (Å²) in [6.45, 7) is 7.54. The van der Waals surface area contributed by atoms with Crippen molar-refractivity contribution in [3.63, 3.8) is 0 Å². The number of nitrogens with zero attached hydrogens (tertiary/aromatic N) is 2. The highest BCUT2D eigenvalue weighted by molar-refractivity contribution is 6.04. The van der Waals surface area contributed by atoms with Crippen LogP contribution in [0.4, 0.5) is 17.2 Å². The van der Waals surface area contributed by atoms with Crippen LogP contribution >= 0.6 is 0 Å². The first kappa shape index (κ1) is 19.4. The minimum Gasteiger partial charge on any atom is -0.357 e. The molecule has 0 aliphatic heterocycles. The first-order chi connectivity index (χ1) is 12.5. The summed E-state index contributed by atoms with van der Waals surface area (Å²) in [5, 5.41) is 5.57. The Balaban J connectivity index is 2.09. The Labute approximate surface area is 154 Å². The molecule has 6 nitrogen and oxygen atoms in total. The Morgan fingerprint density at radius 3 is 2.08 bits per heavy atom. The van der Waals surface area contributed by atoms with Gasteiger partial charge in [0.05, 0.1) is 0 Å². The van der Waals surface area contributed by atoms with Gasteiger partial charge in [-0.3, -0.25) is 9.59 Å². The van der Waals surface area contributed by atoms with E-state index in [9.17, 15) is 9.59 Å². The molecule has 2 amide bonds. The van der Waals surface area contributed by atoms with E-state index >= 15 is 0 Å². The smallest absolute Gasteiger partial charge is 0.255 e. The summed E-state index contributed by atoms with van der Waals surface area (Å²) in [5.41, 5.74) is 1.93. The van der Waals surface area contributed by atoms with E-state index in [0.29, 0.717) is 16.9 Å². The van der Waals surface area contributed by atoms with Gasteiger partial charge in [0.25, 0.3) is 5.91 Å². The monoisotopic (exact) mass is 354 g/mol. The van der Waals surface area contributed by atoms with Gasteiger partial charge in [0.2, 0.25) is 5.91 Å². The molecule has 2 N–H and O–H groups in total. The molecule has 0 atom stereocenters. The van der Waals surface area contributed by atoms with Crippen LogP contribution in [0.1, 0.15) is 44.0 Å². The lowest BCUT2D eigenvalue weighted by Gasteiger charge is -2.22. The molecule has 0 fully saturated rings. The van der Waals surface area contributed by atoms with E-state index in [-0.39, 0.29) is 11.8 Å². The zero-order chi connectivity index (χ0) is 18.9. The molecular weight excluding hydrogens is 328 g/mol. The SMILES string of the molecule is CCCN(CCC)c1cc(C(=O)Nc2ccc(NC(C)=O)cc2)ccn1. The molecule has 1 aromatic carbocycles. The number of hydrogen-bond donors (Lipinski definition) is 2. The molecule has 0 unspecified atom stereocenters. The van der Waals surface area contributed by atoms with Crippen LogP contribution < -0.4 is 15.5 Å². The largest absolute Gasteiger partial charge is 0.357 e. The second-order valence-electron chi connectivity index (χ2n) is 6.10. The predicted octanol–water partition coefficient (Wildman–Crippen LogP) is 3.92. The molecule has 0 aliphatic rings. The maximum atomic E-state index is 12.5. The minimum absolute atomic E-state index is 0.130. The highest BCUT2D eigenvalue weighted by atomic mass is 16.2. The van der Waals surface area contributed by atoms with E-state index in [1.807, 2.05) is 6.07 Å². The predicted molar refractivity (Wildman–Crippen MR) is 106 cm³/mol. The average Bonchev–Trinajstić information content (AvgIpc) is 2.63. The highest BCUT2D eigenvalue weighted by Gasteiger charge is 2.11. The van der Waals surface area contributed by atoms with Crippen molar-refractivity contribution in [3.8, 4) is 0 Å². The molecule has 6 heteroatoms. The van der Waals surface area contributed by atoms with Crippen molar-refractivity contribution in [3.05, 3.63) is 48.2 Å². The summed E-state index contributed by atoms with van der Waals surface area (Å²) < 4.78 is 0. The van der Waals surface area contributed by atoms with Gasteiger partial charge in [-0.05, 0) is 49.2 Å². The van der Waals surface area contributed by atoms with Crippen molar-refractivity contribution < 1.29 is 9.59 Å². The number of rotatable bonds is 8. The van der Waals surface area contributed by atoms with Crippen molar-refractivity contribution >= 4 is 29.0 Å². The number of benzene rings is 1. The summed E-state index contributed by atoms with van der Waals surface area (Å²) in [4.78, 5) is 30.2. The number of nitrogens with one attached hydrogen (secondary N) is 2. The molecule has 1 aromatic heterocycles. The summed E-state index contributed by atoms with van der Waals surface area (Å²) in [6.07, 6.45) is 3.72. The molecule has 2 rings (SSSR count). The van der Waals surface area contributed by atoms with Gasteiger partial charge in [-0.25, -0.2) is 4.98 Å². The molecule has 26 heavy (non-hydrogen) atoms. The van der Waals surface area contributed by atoms with Gasteiger partial charge in [-0.2, -0.15) is 0 Å². The van der Waals surface area contributed by atoms with Crippen molar-refractivity contribution in [2.45, 2.75) is 33.6 Å². The maximum absolute atomic E-state index is 12.5. The number of amides is 2. The third kappa shape index (κ3) is 5.58. The van der Waals surface area contributed by atoms with Crippen LogP contribution in [-0.4, -0.2) is 29.9 Å². The van der Waals surface area contributed by atoms with Gasteiger partial charge in [-0.1, -0.05) is 13.8 Å².